The molecule has 0 atom stereocenters. The lowest BCUT2D eigenvalue weighted by Gasteiger charge is -2.18. The molecule has 0 bridgehead atoms. The molecule has 2 aromatic rings. The van der Waals surface area contributed by atoms with E-state index in [2.05, 4.69) is 15.5 Å². The Morgan fingerprint density at radius 1 is 1.16 bits per heavy atom. The van der Waals surface area contributed by atoms with Crippen molar-refractivity contribution < 1.29 is 22.7 Å². The molecule has 0 fully saturated rings. The first-order valence-electron chi connectivity index (χ1n) is 10.4. The number of esters is 1. The van der Waals surface area contributed by atoms with Gasteiger partial charge in [-0.25, -0.2) is 18.6 Å². The van der Waals surface area contributed by atoms with Gasteiger partial charge in [0.1, 0.15) is 0 Å². The van der Waals surface area contributed by atoms with Crippen LogP contribution in [-0.2, 0) is 14.8 Å². The average molecular weight is 463 g/mol. The Labute approximate surface area is 188 Å². The summed E-state index contributed by atoms with van der Waals surface area (Å²) in [5, 5.41) is 4.12. The number of carbonyl (C=O) groups excluding carboxylic acids is 2. The van der Waals surface area contributed by atoms with E-state index < -0.39 is 21.9 Å². The molecule has 9 nitrogen and oxygen atoms in total. The average Bonchev–Trinajstić information content (AvgIpc) is 3.06. The quantitative estimate of drug-likeness (QED) is 0.337. The minimum absolute atomic E-state index is 0.0458. The van der Waals surface area contributed by atoms with Crippen LogP contribution in [-0.4, -0.2) is 55.0 Å². The topological polar surface area (TPSA) is 121 Å². The molecule has 0 aliphatic carbocycles. The maximum Gasteiger partial charge on any atom is 0.340 e. The zero-order valence-electron chi connectivity index (χ0n) is 19.3. The maximum absolute atomic E-state index is 12.7. The number of rotatable bonds is 9. The molecule has 174 valence electrons. The molecule has 0 saturated carbocycles. The number of H-pyrrole nitrogens is 1. The third-order valence-electron chi connectivity index (χ3n) is 5.04. The highest BCUT2D eigenvalue weighted by Crippen LogP contribution is 2.20. The summed E-state index contributed by atoms with van der Waals surface area (Å²) in [5.41, 5.74) is 5.43. The van der Waals surface area contributed by atoms with Crippen LogP contribution in [0.25, 0.3) is 0 Å². The van der Waals surface area contributed by atoms with Gasteiger partial charge in [-0.3, -0.25) is 4.79 Å². The lowest BCUT2D eigenvalue weighted by atomic mass is 10.1. The lowest BCUT2D eigenvalue weighted by Crippen LogP contribution is -2.30. The van der Waals surface area contributed by atoms with Gasteiger partial charge in [-0.2, -0.15) is 9.41 Å². The highest BCUT2D eigenvalue weighted by Gasteiger charge is 2.23. The molecule has 2 N–H and O–H groups in total. The van der Waals surface area contributed by atoms with Gasteiger partial charge in [0, 0.05) is 24.3 Å². The van der Waals surface area contributed by atoms with Crippen molar-refractivity contribution in [3.05, 3.63) is 52.3 Å². The molecule has 1 heterocycles. The summed E-state index contributed by atoms with van der Waals surface area (Å²) >= 11 is 0. The van der Waals surface area contributed by atoms with Gasteiger partial charge in [-0.05, 0) is 51.5 Å². The van der Waals surface area contributed by atoms with Crippen LogP contribution in [0.15, 0.2) is 34.3 Å². The van der Waals surface area contributed by atoms with Crippen molar-refractivity contribution in [2.45, 2.75) is 46.4 Å². The Morgan fingerprint density at radius 3 is 2.41 bits per heavy atom. The fourth-order valence-corrected chi connectivity index (χ4v) is 4.89. The van der Waals surface area contributed by atoms with Crippen molar-refractivity contribution in [3.8, 4) is 0 Å². The Bertz CT molecular complexity index is 1130. The Balaban J connectivity index is 2.26. The zero-order chi connectivity index (χ0) is 24.1. The Kier molecular flexibility index (Phi) is 8.34. The van der Waals surface area contributed by atoms with Crippen LogP contribution < -0.4 is 5.43 Å². The number of carbonyl (C=O) groups is 2. The standard InChI is InChI=1S/C22H30N4O5S/c1-7-26(8-2)32(29,30)18-12-10-11-17(13-18)21(27)25-24-16(6)20-14(4)19(15(5)23-20)22(28)31-9-3/h10-13,23H,7-9H2,1-6H3,(H,25,27)/b24-16+. The lowest BCUT2D eigenvalue weighted by molar-refractivity contribution is 0.0524. The summed E-state index contributed by atoms with van der Waals surface area (Å²) < 4.78 is 31.8. The van der Waals surface area contributed by atoms with E-state index in [4.69, 9.17) is 4.74 Å². The van der Waals surface area contributed by atoms with Gasteiger partial charge >= 0.3 is 5.97 Å². The van der Waals surface area contributed by atoms with Gasteiger partial charge in [0.25, 0.3) is 5.91 Å². The van der Waals surface area contributed by atoms with Gasteiger partial charge in [-0.15, -0.1) is 0 Å². The number of ether oxygens (including phenoxy) is 1. The number of benzene rings is 1. The number of hydrogen-bond donors (Lipinski definition) is 2. The van der Waals surface area contributed by atoms with Gasteiger partial charge in [0.2, 0.25) is 10.0 Å². The van der Waals surface area contributed by atoms with Crippen molar-refractivity contribution in [3.63, 3.8) is 0 Å². The maximum atomic E-state index is 12.7. The van der Waals surface area contributed by atoms with Crippen molar-refractivity contribution in [2.24, 2.45) is 5.10 Å². The third kappa shape index (κ3) is 5.25. The van der Waals surface area contributed by atoms with E-state index in [1.165, 1.54) is 28.6 Å². The molecular weight excluding hydrogens is 432 g/mol. The van der Waals surface area contributed by atoms with E-state index in [0.717, 1.165) is 0 Å². The summed E-state index contributed by atoms with van der Waals surface area (Å²) in [4.78, 5) is 27.9. The number of sulfonamides is 1. The summed E-state index contributed by atoms with van der Waals surface area (Å²) in [6.07, 6.45) is 0. The molecule has 1 aromatic carbocycles. The minimum atomic E-state index is -3.68. The van der Waals surface area contributed by atoms with Crippen LogP contribution in [0.4, 0.5) is 0 Å². The van der Waals surface area contributed by atoms with E-state index >= 15 is 0 Å². The predicted octanol–water partition coefficient (Wildman–Crippen LogP) is 2.99. The van der Waals surface area contributed by atoms with Crippen molar-refractivity contribution in [2.75, 3.05) is 19.7 Å². The van der Waals surface area contributed by atoms with E-state index in [-0.39, 0.29) is 17.1 Å². The number of aryl methyl sites for hydroxylation is 1. The van der Waals surface area contributed by atoms with E-state index in [1.54, 1.807) is 41.5 Å². The summed E-state index contributed by atoms with van der Waals surface area (Å²) in [6.45, 7) is 11.4. The number of aromatic nitrogens is 1. The first kappa shape index (κ1) is 25.3. The second-order valence-corrected chi connectivity index (χ2v) is 9.04. The van der Waals surface area contributed by atoms with Crippen molar-refractivity contribution >= 4 is 27.6 Å². The highest BCUT2D eigenvalue weighted by molar-refractivity contribution is 7.89. The molecule has 1 aromatic heterocycles. The number of amides is 1. The summed E-state index contributed by atoms with van der Waals surface area (Å²) in [7, 11) is -3.68. The molecule has 0 aliphatic rings. The van der Waals surface area contributed by atoms with Gasteiger partial charge in [-0.1, -0.05) is 19.9 Å². The number of nitrogens with zero attached hydrogens (tertiary/aromatic N) is 2. The molecule has 0 unspecified atom stereocenters. The molecule has 32 heavy (non-hydrogen) atoms. The van der Waals surface area contributed by atoms with Crippen molar-refractivity contribution in [1.29, 1.82) is 0 Å². The summed E-state index contributed by atoms with van der Waals surface area (Å²) in [5.74, 6) is -0.972. The number of aromatic amines is 1. The van der Waals surface area contributed by atoms with E-state index in [1.807, 2.05) is 0 Å². The van der Waals surface area contributed by atoms with Gasteiger partial charge < -0.3 is 9.72 Å². The number of hydrogen-bond acceptors (Lipinski definition) is 6. The largest absolute Gasteiger partial charge is 0.462 e. The van der Waals surface area contributed by atoms with Crippen LogP contribution in [0.5, 0.6) is 0 Å². The van der Waals surface area contributed by atoms with E-state index in [0.29, 0.717) is 41.3 Å². The van der Waals surface area contributed by atoms with Crippen LogP contribution in [0.1, 0.15) is 65.4 Å². The highest BCUT2D eigenvalue weighted by atomic mass is 32.2. The molecule has 0 spiro atoms. The van der Waals surface area contributed by atoms with Gasteiger partial charge in [0.15, 0.2) is 0 Å². The zero-order valence-corrected chi connectivity index (χ0v) is 20.1. The van der Waals surface area contributed by atoms with Crippen molar-refractivity contribution in [1.82, 2.24) is 14.7 Å². The molecule has 0 radical (unpaired) electrons. The molecular formula is C22H30N4O5S. The Hall–Kier alpha value is -2.98. The van der Waals surface area contributed by atoms with Gasteiger partial charge in [0.05, 0.1) is 28.5 Å². The van der Waals surface area contributed by atoms with E-state index in [9.17, 15) is 18.0 Å². The smallest absolute Gasteiger partial charge is 0.340 e. The Morgan fingerprint density at radius 2 is 1.81 bits per heavy atom. The molecule has 2 rings (SSSR count). The van der Waals surface area contributed by atoms with Crippen LogP contribution >= 0.6 is 0 Å². The summed E-state index contributed by atoms with van der Waals surface area (Å²) in [6, 6.07) is 5.83. The first-order valence-corrected chi connectivity index (χ1v) is 11.8. The SMILES string of the molecule is CCOC(=O)c1c(C)[nH]c(/C(C)=N/NC(=O)c2cccc(S(=O)(=O)N(CC)CC)c2)c1C. The van der Waals surface area contributed by atoms with Crippen LogP contribution in [0.3, 0.4) is 0 Å². The second-order valence-electron chi connectivity index (χ2n) is 7.10. The normalized spacial score (nSPS) is 12.2. The number of hydrazone groups is 1. The number of nitrogens with one attached hydrogen (secondary N) is 2. The fourth-order valence-electron chi connectivity index (χ4n) is 3.39. The van der Waals surface area contributed by atoms with Crippen LogP contribution in [0, 0.1) is 13.8 Å². The third-order valence-corrected chi connectivity index (χ3v) is 7.09. The first-order chi connectivity index (χ1) is 15.1. The monoisotopic (exact) mass is 462 g/mol. The molecule has 0 saturated heterocycles. The molecule has 1 amide bonds. The minimum Gasteiger partial charge on any atom is -0.462 e. The molecule has 10 heteroatoms. The second kappa shape index (κ2) is 10.6. The predicted molar refractivity (Wildman–Crippen MR) is 122 cm³/mol. The fraction of sp³-hybridized carbons (Fsp3) is 0.409. The molecule has 0 aliphatic heterocycles. The van der Waals surface area contributed by atoms with Crippen LogP contribution in [0.2, 0.25) is 0 Å².